The number of nitrogens with zero attached hydrogens (tertiary/aromatic N) is 2. The monoisotopic (exact) mass is 389 g/mol. The summed E-state index contributed by atoms with van der Waals surface area (Å²) >= 11 is 3.47. The van der Waals surface area contributed by atoms with Gasteiger partial charge in [-0.15, -0.1) is 0 Å². The maximum atomic E-state index is 12.5. The van der Waals surface area contributed by atoms with Gasteiger partial charge in [0.1, 0.15) is 0 Å². The molecule has 5 heteroatoms. The van der Waals surface area contributed by atoms with Gasteiger partial charge in [0.15, 0.2) is 0 Å². The first-order chi connectivity index (χ1) is 11.5. The molecule has 0 aliphatic heterocycles. The third kappa shape index (κ3) is 4.81. The van der Waals surface area contributed by atoms with E-state index in [1.54, 1.807) is 6.20 Å². The van der Waals surface area contributed by atoms with E-state index < -0.39 is 0 Å². The molecule has 4 nitrogen and oxygen atoms in total. The number of hydrogen-bond acceptors (Lipinski definition) is 3. The molecule has 0 unspecified atom stereocenters. The van der Waals surface area contributed by atoms with Gasteiger partial charge in [0.2, 0.25) is 0 Å². The molecule has 0 saturated heterocycles. The summed E-state index contributed by atoms with van der Waals surface area (Å²) in [5, 5.41) is 2.94. The quantitative estimate of drug-likeness (QED) is 0.721. The number of rotatable bonds is 7. The molecular formula is C19H24BrN3O. The van der Waals surface area contributed by atoms with E-state index in [-0.39, 0.29) is 5.91 Å². The lowest BCUT2D eigenvalue weighted by Gasteiger charge is -2.23. The average Bonchev–Trinajstić information content (AvgIpc) is 2.58. The van der Waals surface area contributed by atoms with Gasteiger partial charge >= 0.3 is 0 Å². The Morgan fingerprint density at radius 1 is 1.17 bits per heavy atom. The Labute approximate surface area is 152 Å². The number of hydrogen-bond donors (Lipinski definition) is 1. The van der Waals surface area contributed by atoms with Gasteiger partial charge in [0, 0.05) is 29.4 Å². The van der Waals surface area contributed by atoms with Gasteiger partial charge in [-0.1, -0.05) is 29.8 Å². The first-order valence-electron chi connectivity index (χ1n) is 8.32. The van der Waals surface area contributed by atoms with Crippen LogP contribution in [-0.4, -0.2) is 24.0 Å². The zero-order valence-corrected chi connectivity index (χ0v) is 16.1. The minimum atomic E-state index is -0.140. The number of anilines is 2. The molecule has 0 radical (unpaired) electrons. The minimum absolute atomic E-state index is 0.140. The van der Waals surface area contributed by atoms with Crippen molar-refractivity contribution in [1.29, 1.82) is 0 Å². The highest BCUT2D eigenvalue weighted by Gasteiger charge is 2.11. The summed E-state index contributed by atoms with van der Waals surface area (Å²) in [5.74, 6) is -0.140. The molecule has 2 rings (SSSR count). The predicted molar refractivity (Wildman–Crippen MR) is 104 cm³/mol. The van der Waals surface area contributed by atoms with E-state index in [9.17, 15) is 4.79 Å². The van der Waals surface area contributed by atoms with E-state index >= 15 is 0 Å². The highest BCUT2D eigenvalue weighted by atomic mass is 79.9. The number of carbonyl (C=O) groups is 1. The Hall–Kier alpha value is -1.88. The number of amides is 1. The Kier molecular flexibility index (Phi) is 6.79. The lowest BCUT2D eigenvalue weighted by atomic mass is 10.2. The summed E-state index contributed by atoms with van der Waals surface area (Å²) in [6.45, 7) is 8.24. The van der Waals surface area contributed by atoms with Gasteiger partial charge in [-0.2, -0.15) is 0 Å². The van der Waals surface area contributed by atoms with E-state index in [1.165, 1.54) is 0 Å². The lowest BCUT2D eigenvalue weighted by Crippen LogP contribution is -2.25. The van der Waals surface area contributed by atoms with Gasteiger partial charge in [-0.25, -0.2) is 0 Å². The fourth-order valence-electron chi connectivity index (χ4n) is 2.56. The van der Waals surface area contributed by atoms with Crippen molar-refractivity contribution in [2.75, 3.05) is 23.3 Å². The van der Waals surface area contributed by atoms with Crippen LogP contribution in [0.15, 0.2) is 41.1 Å². The number of halogens is 1. The van der Waals surface area contributed by atoms with Gasteiger partial charge < -0.3 is 10.2 Å². The molecule has 0 fully saturated rings. The van der Waals surface area contributed by atoms with E-state index in [0.717, 1.165) is 47.3 Å². The van der Waals surface area contributed by atoms with Crippen LogP contribution in [-0.2, 0) is 0 Å². The van der Waals surface area contributed by atoms with Crippen LogP contribution in [0.4, 0.5) is 11.4 Å². The summed E-state index contributed by atoms with van der Waals surface area (Å²) < 4.78 is 1.03. The number of pyridine rings is 1. The van der Waals surface area contributed by atoms with E-state index in [2.05, 4.69) is 45.0 Å². The van der Waals surface area contributed by atoms with Crippen LogP contribution in [0.25, 0.3) is 0 Å². The molecule has 0 spiro atoms. The molecular weight excluding hydrogens is 366 g/mol. The van der Waals surface area contributed by atoms with Crippen molar-refractivity contribution in [2.45, 2.75) is 33.6 Å². The number of carbonyl (C=O) groups excluding carboxylic acids is 1. The van der Waals surface area contributed by atoms with Crippen molar-refractivity contribution >= 4 is 33.2 Å². The Morgan fingerprint density at radius 2 is 1.88 bits per heavy atom. The van der Waals surface area contributed by atoms with Crippen LogP contribution >= 0.6 is 15.9 Å². The summed E-state index contributed by atoms with van der Waals surface area (Å²) in [6, 6.07) is 7.68. The van der Waals surface area contributed by atoms with E-state index in [1.807, 2.05) is 37.4 Å². The highest BCUT2D eigenvalue weighted by Crippen LogP contribution is 2.21. The van der Waals surface area contributed by atoms with Crippen molar-refractivity contribution < 1.29 is 4.79 Å². The molecule has 24 heavy (non-hydrogen) atoms. The lowest BCUT2D eigenvalue weighted by molar-refractivity contribution is 0.102. The largest absolute Gasteiger partial charge is 0.370 e. The molecule has 128 valence electrons. The molecule has 0 saturated carbocycles. The van der Waals surface area contributed by atoms with E-state index in [4.69, 9.17) is 0 Å². The van der Waals surface area contributed by atoms with Crippen LogP contribution in [0.1, 0.15) is 42.6 Å². The second-order valence-corrected chi connectivity index (χ2v) is 6.69. The van der Waals surface area contributed by atoms with E-state index in [0.29, 0.717) is 5.56 Å². The topological polar surface area (TPSA) is 45.2 Å². The molecule has 1 aromatic heterocycles. The van der Waals surface area contributed by atoms with Gasteiger partial charge in [0.25, 0.3) is 5.91 Å². The van der Waals surface area contributed by atoms with Crippen molar-refractivity contribution in [2.24, 2.45) is 0 Å². The first kappa shape index (κ1) is 18.5. The average molecular weight is 390 g/mol. The standard InChI is InChI=1S/C19H24BrN3O/c1-4-8-23(9-5-2)17-11-15(12-21-13-17)19(24)22-16-6-7-18(20)14(3)10-16/h6-7,10-13H,4-5,8-9H2,1-3H3,(H,22,24). The van der Waals surface area contributed by atoms with Crippen molar-refractivity contribution in [3.8, 4) is 0 Å². The molecule has 0 aliphatic carbocycles. The molecule has 2 aromatic rings. The fraction of sp³-hybridized carbons (Fsp3) is 0.368. The molecule has 1 amide bonds. The Bertz CT molecular complexity index is 697. The predicted octanol–water partition coefficient (Wildman–Crippen LogP) is 5.03. The zero-order chi connectivity index (χ0) is 17.5. The fourth-order valence-corrected chi connectivity index (χ4v) is 2.81. The second-order valence-electron chi connectivity index (χ2n) is 5.84. The number of benzene rings is 1. The molecule has 1 aromatic carbocycles. The summed E-state index contributed by atoms with van der Waals surface area (Å²) in [7, 11) is 0. The van der Waals surface area contributed by atoms with Crippen LogP contribution in [0.5, 0.6) is 0 Å². The maximum Gasteiger partial charge on any atom is 0.257 e. The van der Waals surface area contributed by atoms with Crippen molar-refractivity contribution in [1.82, 2.24) is 4.98 Å². The van der Waals surface area contributed by atoms with Crippen LogP contribution in [0, 0.1) is 6.92 Å². The third-order valence-electron chi connectivity index (χ3n) is 3.75. The van der Waals surface area contributed by atoms with Crippen molar-refractivity contribution in [3.63, 3.8) is 0 Å². The molecule has 0 bridgehead atoms. The van der Waals surface area contributed by atoms with Crippen molar-refractivity contribution in [3.05, 3.63) is 52.3 Å². The summed E-state index contributed by atoms with van der Waals surface area (Å²) in [4.78, 5) is 19.0. The molecule has 0 atom stereocenters. The Balaban J connectivity index is 2.17. The molecule has 0 aliphatic rings. The zero-order valence-electron chi connectivity index (χ0n) is 14.5. The summed E-state index contributed by atoms with van der Waals surface area (Å²) in [6.07, 6.45) is 5.57. The summed E-state index contributed by atoms with van der Waals surface area (Å²) in [5.41, 5.74) is 3.44. The number of nitrogens with one attached hydrogen (secondary N) is 1. The molecule has 1 N–H and O–H groups in total. The van der Waals surface area contributed by atoms with Gasteiger partial charge in [0.05, 0.1) is 17.4 Å². The molecule has 1 heterocycles. The maximum absolute atomic E-state index is 12.5. The third-order valence-corrected chi connectivity index (χ3v) is 4.64. The first-order valence-corrected chi connectivity index (χ1v) is 9.12. The number of aryl methyl sites for hydroxylation is 1. The smallest absolute Gasteiger partial charge is 0.257 e. The second kappa shape index (κ2) is 8.83. The minimum Gasteiger partial charge on any atom is -0.370 e. The van der Waals surface area contributed by atoms with Crippen LogP contribution < -0.4 is 10.2 Å². The van der Waals surface area contributed by atoms with Gasteiger partial charge in [-0.3, -0.25) is 9.78 Å². The SMILES string of the molecule is CCCN(CCC)c1cncc(C(=O)Nc2ccc(Br)c(C)c2)c1. The van der Waals surface area contributed by atoms with Crippen LogP contribution in [0.3, 0.4) is 0 Å². The Morgan fingerprint density at radius 3 is 2.50 bits per heavy atom. The normalized spacial score (nSPS) is 10.5. The van der Waals surface area contributed by atoms with Crippen LogP contribution in [0.2, 0.25) is 0 Å². The highest BCUT2D eigenvalue weighted by molar-refractivity contribution is 9.10. The number of aromatic nitrogens is 1. The van der Waals surface area contributed by atoms with Gasteiger partial charge in [-0.05, 0) is 49.6 Å².